The van der Waals surface area contributed by atoms with Crippen molar-refractivity contribution in [1.82, 2.24) is 4.98 Å². The first kappa shape index (κ1) is 10.6. The highest BCUT2D eigenvalue weighted by Gasteiger charge is 2.04. The fourth-order valence-corrected chi connectivity index (χ4v) is 2.01. The Hall–Kier alpha value is -2.55. The van der Waals surface area contributed by atoms with Crippen LogP contribution >= 0.6 is 0 Å². The van der Waals surface area contributed by atoms with Crippen LogP contribution in [0.5, 0.6) is 5.75 Å². The number of nitrogens with one attached hydrogen (secondary N) is 1. The van der Waals surface area contributed by atoms with E-state index in [1.54, 1.807) is 18.2 Å². The highest BCUT2D eigenvalue weighted by Crippen LogP contribution is 2.20. The molecule has 0 aliphatic carbocycles. The fraction of sp³-hybridized carbons (Fsp3) is 0. The molecule has 0 fully saturated rings. The second kappa shape index (κ2) is 4.04. The Bertz CT molecular complexity index is 760. The van der Waals surface area contributed by atoms with Crippen molar-refractivity contribution in [3.8, 4) is 17.0 Å². The number of hydrogen-bond donors (Lipinski definition) is 2. The molecule has 3 aromatic rings. The van der Waals surface area contributed by atoms with Gasteiger partial charge < -0.3 is 10.1 Å². The molecule has 0 amide bonds. The summed E-state index contributed by atoms with van der Waals surface area (Å²) in [6.07, 6.45) is 0. The topological polar surface area (TPSA) is 53.1 Å². The molecule has 1 heterocycles. The number of H-pyrrole nitrogens is 1. The van der Waals surface area contributed by atoms with Crippen molar-refractivity contribution in [3.05, 3.63) is 64.8 Å². The molecular weight excluding hydrogens is 226 g/mol. The van der Waals surface area contributed by atoms with E-state index in [1.165, 1.54) is 6.07 Å². The molecule has 2 N–H and O–H groups in total. The number of phenolic OH excluding ortho intramolecular Hbond substituents is 1. The molecule has 3 rings (SSSR count). The summed E-state index contributed by atoms with van der Waals surface area (Å²) >= 11 is 0. The molecule has 0 saturated heterocycles. The molecular formula is C15H11NO2. The predicted octanol–water partition coefficient (Wildman–Crippen LogP) is 2.90. The van der Waals surface area contributed by atoms with E-state index >= 15 is 0 Å². The van der Waals surface area contributed by atoms with Crippen LogP contribution in [-0.2, 0) is 0 Å². The van der Waals surface area contributed by atoms with Crippen molar-refractivity contribution in [1.29, 1.82) is 0 Å². The SMILES string of the molecule is O=c1cc(-c2ccccc2)[nH]c2cc(O)ccc12. The summed E-state index contributed by atoms with van der Waals surface area (Å²) in [6, 6.07) is 15.9. The summed E-state index contributed by atoms with van der Waals surface area (Å²) in [5, 5.41) is 10.0. The Morgan fingerprint density at radius 2 is 1.72 bits per heavy atom. The number of aromatic nitrogens is 1. The van der Waals surface area contributed by atoms with Gasteiger partial charge in [-0.15, -0.1) is 0 Å². The summed E-state index contributed by atoms with van der Waals surface area (Å²) in [4.78, 5) is 15.1. The normalized spacial score (nSPS) is 10.7. The first-order valence-electron chi connectivity index (χ1n) is 5.65. The van der Waals surface area contributed by atoms with E-state index < -0.39 is 0 Å². The molecule has 88 valence electrons. The molecule has 0 radical (unpaired) electrons. The number of benzene rings is 2. The van der Waals surface area contributed by atoms with Gasteiger partial charge in [0.2, 0.25) is 0 Å². The third-order valence-corrected chi connectivity index (χ3v) is 2.90. The molecule has 0 spiro atoms. The van der Waals surface area contributed by atoms with E-state index in [0.29, 0.717) is 10.9 Å². The first-order chi connectivity index (χ1) is 8.74. The Balaban J connectivity index is 2.30. The minimum Gasteiger partial charge on any atom is -0.508 e. The van der Waals surface area contributed by atoms with Crippen LogP contribution in [0.1, 0.15) is 0 Å². The Labute approximate surface area is 103 Å². The van der Waals surface area contributed by atoms with Crippen LogP contribution in [0.25, 0.3) is 22.2 Å². The number of pyridine rings is 1. The van der Waals surface area contributed by atoms with Gasteiger partial charge in [0.15, 0.2) is 5.43 Å². The van der Waals surface area contributed by atoms with Gasteiger partial charge >= 0.3 is 0 Å². The number of aromatic amines is 1. The van der Waals surface area contributed by atoms with Crippen LogP contribution in [-0.4, -0.2) is 10.1 Å². The van der Waals surface area contributed by atoms with Gasteiger partial charge in [-0.1, -0.05) is 30.3 Å². The van der Waals surface area contributed by atoms with Crippen molar-refractivity contribution in [2.24, 2.45) is 0 Å². The highest BCUT2D eigenvalue weighted by atomic mass is 16.3. The monoisotopic (exact) mass is 237 g/mol. The van der Waals surface area contributed by atoms with E-state index in [0.717, 1.165) is 11.3 Å². The lowest BCUT2D eigenvalue weighted by Gasteiger charge is -2.04. The zero-order valence-corrected chi connectivity index (χ0v) is 9.55. The third-order valence-electron chi connectivity index (χ3n) is 2.90. The molecule has 2 aromatic carbocycles. The van der Waals surface area contributed by atoms with E-state index in [9.17, 15) is 9.90 Å². The molecule has 0 saturated carbocycles. The summed E-state index contributed by atoms with van der Waals surface area (Å²) in [6.45, 7) is 0. The van der Waals surface area contributed by atoms with Crippen LogP contribution in [0.4, 0.5) is 0 Å². The molecule has 18 heavy (non-hydrogen) atoms. The summed E-state index contributed by atoms with van der Waals surface area (Å²) in [5.74, 6) is 0.142. The van der Waals surface area contributed by atoms with Gasteiger partial charge in [-0.3, -0.25) is 4.79 Å². The van der Waals surface area contributed by atoms with Gasteiger partial charge in [-0.25, -0.2) is 0 Å². The van der Waals surface area contributed by atoms with E-state index in [1.807, 2.05) is 30.3 Å². The van der Waals surface area contributed by atoms with Gasteiger partial charge in [0.25, 0.3) is 0 Å². The number of hydrogen-bond acceptors (Lipinski definition) is 2. The lowest BCUT2D eigenvalue weighted by Crippen LogP contribution is -2.02. The van der Waals surface area contributed by atoms with E-state index in [-0.39, 0.29) is 11.2 Å². The highest BCUT2D eigenvalue weighted by molar-refractivity contribution is 5.82. The van der Waals surface area contributed by atoms with Crippen LogP contribution < -0.4 is 5.43 Å². The van der Waals surface area contributed by atoms with Crippen LogP contribution in [0.15, 0.2) is 59.4 Å². The Morgan fingerprint density at radius 1 is 0.944 bits per heavy atom. The summed E-state index contributed by atoms with van der Waals surface area (Å²) < 4.78 is 0. The first-order valence-corrected chi connectivity index (χ1v) is 5.65. The third kappa shape index (κ3) is 1.76. The molecule has 0 atom stereocenters. The van der Waals surface area contributed by atoms with E-state index in [2.05, 4.69) is 4.98 Å². The predicted molar refractivity (Wildman–Crippen MR) is 71.7 cm³/mol. The molecule has 0 bridgehead atoms. The zero-order valence-electron chi connectivity index (χ0n) is 9.55. The van der Waals surface area contributed by atoms with Crippen molar-refractivity contribution in [2.45, 2.75) is 0 Å². The van der Waals surface area contributed by atoms with Gasteiger partial charge in [-0.2, -0.15) is 0 Å². The standard InChI is InChI=1S/C15H11NO2/c17-11-6-7-12-14(8-11)16-13(9-15(12)18)10-4-2-1-3-5-10/h1-9,17H,(H,16,18). The molecule has 1 aromatic heterocycles. The summed E-state index contributed by atoms with van der Waals surface area (Å²) in [5.41, 5.74) is 2.28. The smallest absolute Gasteiger partial charge is 0.190 e. The van der Waals surface area contributed by atoms with Gasteiger partial charge in [0, 0.05) is 23.2 Å². The molecule has 3 nitrogen and oxygen atoms in total. The van der Waals surface area contributed by atoms with Crippen LogP contribution in [0, 0.1) is 0 Å². The van der Waals surface area contributed by atoms with Gasteiger partial charge in [-0.05, 0) is 17.7 Å². The maximum absolute atomic E-state index is 12.0. The average molecular weight is 237 g/mol. The number of fused-ring (bicyclic) bond motifs is 1. The quantitative estimate of drug-likeness (QED) is 0.683. The lowest BCUT2D eigenvalue weighted by atomic mass is 10.1. The zero-order chi connectivity index (χ0) is 12.5. The Morgan fingerprint density at radius 3 is 2.50 bits per heavy atom. The minimum absolute atomic E-state index is 0.0531. The van der Waals surface area contributed by atoms with Crippen molar-refractivity contribution in [3.63, 3.8) is 0 Å². The second-order valence-electron chi connectivity index (χ2n) is 4.14. The van der Waals surface area contributed by atoms with Crippen LogP contribution in [0.3, 0.4) is 0 Å². The average Bonchev–Trinajstić information content (AvgIpc) is 2.39. The van der Waals surface area contributed by atoms with Crippen LogP contribution in [0.2, 0.25) is 0 Å². The number of rotatable bonds is 1. The van der Waals surface area contributed by atoms with Crippen molar-refractivity contribution >= 4 is 10.9 Å². The second-order valence-corrected chi connectivity index (χ2v) is 4.14. The van der Waals surface area contributed by atoms with Gasteiger partial charge in [0.05, 0.1) is 5.52 Å². The fourth-order valence-electron chi connectivity index (χ4n) is 2.01. The largest absolute Gasteiger partial charge is 0.508 e. The lowest BCUT2D eigenvalue weighted by molar-refractivity contribution is 0.476. The maximum Gasteiger partial charge on any atom is 0.190 e. The Kier molecular flexibility index (Phi) is 2.38. The molecule has 0 aliphatic rings. The number of aromatic hydroxyl groups is 1. The molecule has 0 aliphatic heterocycles. The summed E-state index contributed by atoms with van der Waals surface area (Å²) in [7, 11) is 0. The molecule has 0 unspecified atom stereocenters. The van der Waals surface area contributed by atoms with Crippen molar-refractivity contribution in [2.75, 3.05) is 0 Å². The minimum atomic E-state index is -0.0531. The van der Waals surface area contributed by atoms with Gasteiger partial charge in [0.1, 0.15) is 5.75 Å². The van der Waals surface area contributed by atoms with Crippen molar-refractivity contribution < 1.29 is 5.11 Å². The maximum atomic E-state index is 12.0. The molecule has 3 heteroatoms. The van der Waals surface area contributed by atoms with E-state index in [4.69, 9.17) is 0 Å². The number of phenols is 1.